The van der Waals surface area contributed by atoms with Crippen LogP contribution in [0.25, 0.3) is 0 Å². The van der Waals surface area contributed by atoms with Crippen LogP contribution in [0.3, 0.4) is 0 Å². The van der Waals surface area contributed by atoms with Gasteiger partial charge in [-0.1, -0.05) is 18.9 Å². The molecule has 5 heteroatoms. The Balaban J connectivity index is 1.79. The van der Waals surface area contributed by atoms with E-state index in [4.69, 9.17) is 5.11 Å². The predicted octanol–water partition coefficient (Wildman–Crippen LogP) is 1.46. The zero-order chi connectivity index (χ0) is 14.4. The summed E-state index contributed by atoms with van der Waals surface area (Å²) in [5, 5.41) is 14.3. The van der Waals surface area contributed by atoms with E-state index in [1.807, 2.05) is 6.07 Å². The van der Waals surface area contributed by atoms with Crippen LogP contribution in [0.5, 0.6) is 0 Å². The lowest BCUT2D eigenvalue weighted by Crippen LogP contribution is -2.24. The van der Waals surface area contributed by atoms with Crippen LogP contribution < -0.4 is 10.6 Å². The van der Waals surface area contributed by atoms with Crippen LogP contribution in [0.1, 0.15) is 41.6 Å². The molecule has 0 saturated carbocycles. The molecule has 1 aromatic rings. The SMILES string of the molecule is O=C1Cc2ccc(C(=O)NCCCCCCO)cc2N1. The number of carbonyl (C=O) groups excluding carboxylic acids is 2. The zero-order valence-electron chi connectivity index (χ0n) is 11.4. The van der Waals surface area contributed by atoms with Crippen LogP contribution in [-0.4, -0.2) is 30.1 Å². The number of benzene rings is 1. The number of amides is 2. The summed E-state index contributed by atoms with van der Waals surface area (Å²) in [5.41, 5.74) is 2.25. The van der Waals surface area contributed by atoms with Gasteiger partial charge in [-0.15, -0.1) is 0 Å². The Morgan fingerprint density at radius 2 is 2.05 bits per heavy atom. The first-order valence-corrected chi connectivity index (χ1v) is 7.02. The van der Waals surface area contributed by atoms with Crippen LogP contribution in [0.4, 0.5) is 5.69 Å². The Morgan fingerprint density at radius 3 is 2.85 bits per heavy atom. The van der Waals surface area contributed by atoms with Gasteiger partial charge < -0.3 is 15.7 Å². The molecule has 2 amide bonds. The van der Waals surface area contributed by atoms with Gasteiger partial charge in [0.2, 0.25) is 5.91 Å². The summed E-state index contributed by atoms with van der Waals surface area (Å²) < 4.78 is 0. The highest BCUT2D eigenvalue weighted by Gasteiger charge is 2.18. The highest BCUT2D eigenvalue weighted by molar-refractivity contribution is 6.02. The van der Waals surface area contributed by atoms with Gasteiger partial charge in [0.25, 0.3) is 5.91 Å². The Bertz CT molecular complexity index is 500. The van der Waals surface area contributed by atoms with E-state index in [1.54, 1.807) is 12.1 Å². The van der Waals surface area contributed by atoms with E-state index in [0.29, 0.717) is 18.5 Å². The summed E-state index contributed by atoms with van der Waals surface area (Å²) in [6.07, 6.45) is 4.10. The van der Waals surface area contributed by atoms with Crippen molar-refractivity contribution in [3.05, 3.63) is 29.3 Å². The molecule has 1 aromatic carbocycles. The van der Waals surface area contributed by atoms with Crippen LogP contribution in [0, 0.1) is 0 Å². The molecule has 0 bridgehead atoms. The minimum atomic E-state index is -0.115. The van der Waals surface area contributed by atoms with E-state index >= 15 is 0 Å². The molecule has 0 saturated heterocycles. The van der Waals surface area contributed by atoms with Gasteiger partial charge in [-0.3, -0.25) is 9.59 Å². The molecule has 0 fully saturated rings. The van der Waals surface area contributed by atoms with Crippen molar-refractivity contribution in [3.63, 3.8) is 0 Å². The number of unbranched alkanes of at least 4 members (excludes halogenated alkanes) is 3. The second-order valence-corrected chi connectivity index (χ2v) is 4.99. The van der Waals surface area contributed by atoms with Crippen molar-refractivity contribution in [1.29, 1.82) is 0 Å². The fourth-order valence-corrected chi connectivity index (χ4v) is 2.25. The molecular formula is C15H20N2O3. The van der Waals surface area contributed by atoms with E-state index in [2.05, 4.69) is 10.6 Å². The van der Waals surface area contributed by atoms with Gasteiger partial charge in [0, 0.05) is 24.4 Å². The van der Waals surface area contributed by atoms with E-state index in [1.165, 1.54) is 0 Å². The van der Waals surface area contributed by atoms with Crippen molar-refractivity contribution in [1.82, 2.24) is 5.32 Å². The summed E-state index contributed by atoms with van der Waals surface area (Å²) in [7, 11) is 0. The van der Waals surface area contributed by atoms with E-state index < -0.39 is 0 Å². The van der Waals surface area contributed by atoms with Gasteiger partial charge in [-0.05, 0) is 30.5 Å². The third-order valence-corrected chi connectivity index (χ3v) is 3.37. The maximum Gasteiger partial charge on any atom is 0.251 e. The minimum absolute atomic E-state index is 0.0264. The second-order valence-electron chi connectivity index (χ2n) is 4.99. The molecule has 1 heterocycles. The highest BCUT2D eigenvalue weighted by atomic mass is 16.3. The van der Waals surface area contributed by atoms with Crippen molar-refractivity contribution < 1.29 is 14.7 Å². The lowest BCUT2D eigenvalue weighted by atomic mass is 10.1. The third kappa shape index (κ3) is 3.81. The lowest BCUT2D eigenvalue weighted by molar-refractivity contribution is -0.115. The molecule has 0 aliphatic carbocycles. The van der Waals surface area contributed by atoms with Crippen molar-refractivity contribution in [2.45, 2.75) is 32.1 Å². The maximum atomic E-state index is 12.0. The minimum Gasteiger partial charge on any atom is -0.396 e. The number of aliphatic hydroxyl groups is 1. The first kappa shape index (κ1) is 14.5. The van der Waals surface area contributed by atoms with Gasteiger partial charge in [0.15, 0.2) is 0 Å². The predicted molar refractivity (Wildman–Crippen MR) is 76.7 cm³/mol. The molecule has 108 valence electrons. The molecule has 0 atom stereocenters. The number of nitrogens with one attached hydrogen (secondary N) is 2. The summed E-state index contributed by atoms with van der Waals surface area (Å²) >= 11 is 0. The van der Waals surface area contributed by atoms with Gasteiger partial charge in [0.1, 0.15) is 0 Å². The quantitative estimate of drug-likeness (QED) is 0.660. The van der Waals surface area contributed by atoms with E-state index in [0.717, 1.165) is 36.9 Å². The molecule has 20 heavy (non-hydrogen) atoms. The molecule has 3 N–H and O–H groups in total. The number of hydrogen-bond acceptors (Lipinski definition) is 3. The topological polar surface area (TPSA) is 78.4 Å². The van der Waals surface area contributed by atoms with Crippen molar-refractivity contribution in [3.8, 4) is 0 Å². The summed E-state index contributed by atoms with van der Waals surface area (Å²) in [5.74, 6) is -0.141. The molecule has 2 rings (SSSR count). The fraction of sp³-hybridized carbons (Fsp3) is 0.467. The number of hydrogen-bond donors (Lipinski definition) is 3. The fourth-order valence-electron chi connectivity index (χ4n) is 2.25. The molecule has 0 aromatic heterocycles. The normalized spacial score (nSPS) is 12.9. The zero-order valence-corrected chi connectivity index (χ0v) is 11.4. The Morgan fingerprint density at radius 1 is 1.25 bits per heavy atom. The van der Waals surface area contributed by atoms with Gasteiger partial charge >= 0.3 is 0 Å². The van der Waals surface area contributed by atoms with Crippen LogP contribution >= 0.6 is 0 Å². The molecule has 1 aliphatic heterocycles. The number of rotatable bonds is 7. The highest BCUT2D eigenvalue weighted by Crippen LogP contribution is 2.23. The molecular weight excluding hydrogens is 256 g/mol. The maximum absolute atomic E-state index is 12.0. The van der Waals surface area contributed by atoms with Crippen molar-refractivity contribution >= 4 is 17.5 Å². The molecule has 0 unspecified atom stereocenters. The van der Waals surface area contributed by atoms with Crippen LogP contribution in [0.15, 0.2) is 18.2 Å². The Labute approximate surface area is 118 Å². The summed E-state index contributed by atoms with van der Waals surface area (Å²) in [6, 6.07) is 5.30. The van der Waals surface area contributed by atoms with Crippen molar-refractivity contribution in [2.24, 2.45) is 0 Å². The number of carbonyl (C=O) groups is 2. The molecule has 0 radical (unpaired) electrons. The average Bonchev–Trinajstić information content (AvgIpc) is 2.81. The summed E-state index contributed by atoms with van der Waals surface area (Å²) in [4.78, 5) is 23.2. The molecule has 1 aliphatic rings. The lowest BCUT2D eigenvalue weighted by Gasteiger charge is -2.06. The monoisotopic (exact) mass is 276 g/mol. The Kier molecular flexibility index (Phi) is 5.12. The third-order valence-electron chi connectivity index (χ3n) is 3.37. The van der Waals surface area contributed by atoms with Gasteiger partial charge in [-0.25, -0.2) is 0 Å². The number of anilines is 1. The second kappa shape index (κ2) is 7.05. The first-order valence-electron chi connectivity index (χ1n) is 7.02. The number of fused-ring (bicyclic) bond motifs is 1. The van der Waals surface area contributed by atoms with E-state index in [9.17, 15) is 9.59 Å². The van der Waals surface area contributed by atoms with Crippen LogP contribution in [0.2, 0.25) is 0 Å². The van der Waals surface area contributed by atoms with Gasteiger partial charge in [0.05, 0.1) is 6.42 Å². The van der Waals surface area contributed by atoms with E-state index in [-0.39, 0.29) is 18.4 Å². The Hall–Kier alpha value is -1.88. The first-order chi connectivity index (χ1) is 9.70. The van der Waals surface area contributed by atoms with Crippen LogP contribution in [-0.2, 0) is 11.2 Å². The molecule has 0 spiro atoms. The summed E-state index contributed by atoms with van der Waals surface area (Å²) in [6.45, 7) is 0.862. The molecule has 5 nitrogen and oxygen atoms in total. The number of aliphatic hydroxyl groups excluding tert-OH is 1. The smallest absolute Gasteiger partial charge is 0.251 e. The standard InChI is InChI=1S/C15H20N2O3/c18-8-4-2-1-3-7-16-15(20)12-6-5-11-10-14(19)17-13(11)9-12/h5-6,9,18H,1-4,7-8,10H2,(H,16,20)(H,17,19). The largest absolute Gasteiger partial charge is 0.396 e. The van der Waals surface area contributed by atoms with Crippen molar-refractivity contribution in [2.75, 3.05) is 18.5 Å². The van der Waals surface area contributed by atoms with Gasteiger partial charge in [-0.2, -0.15) is 0 Å². The average molecular weight is 276 g/mol.